The summed E-state index contributed by atoms with van der Waals surface area (Å²) >= 11 is 0. The second-order valence-corrected chi connectivity index (χ2v) is 6.45. The van der Waals surface area contributed by atoms with Crippen molar-refractivity contribution in [1.29, 1.82) is 0 Å². The molecule has 7 heteroatoms. The van der Waals surface area contributed by atoms with E-state index in [0.29, 0.717) is 35.5 Å². The minimum absolute atomic E-state index is 0.00982. The highest BCUT2D eigenvalue weighted by atomic mass is 19.4. The van der Waals surface area contributed by atoms with Gasteiger partial charge in [-0.15, -0.1) is 0 Å². The van der Waals surface area contributed by atoms with E-state index >= 15 is 0 Å². The zero-order chi connectivity index (χ0) is 18.3. The molecular weight excluding hydrogens is 343 g/mol. The van der Waals surface area contributed by atoms with Crippen LogP contribution in [0.3, 0.4) is 0 Å². The number of aromatic nitrogens is 2. The Morgan fingerprint density at radius 3 is 2.65 bits per heavy atom. The second kappa shape index (κ2) is 6.16. The molecule has 1 aromatic heterocycles. The van der Waals surface area contributed by atoms with Gasteiger partial charge < -0.3 is 9.88 Å². The number of hydrogen-bond donors (Lipinski definition) is 1. The van der Waals surface area contributed by atoms with Crippen LogP contribution in [0.4, 0.5) is 13.2 Å². The van der Waals surface area contributed by atoms with E-state index < -0.39 is 11.7 Å². The first kappa shape index (κ1) is 16.6. The highest BCUT2D eigenvalue weighted by Gasteiger charge is 2.32. The SMILES string of the molecule is O=C(c1ccccc1)N1CCC(c2nc3ccc(C(F)(F)F)cc3[nH]2)C1. The molecule has 1 saturated heterocycles. The molecule has 4 nitrogen and oxygen atoms in total. The highest BCUT2D eigenvalue weighted by molar-refractivity contribution is 5.94. The summed E-state index contributed by atoms with van der Waals surface area (Å²) in [4.78, 5) is 21.7. The normalized spacial score (nSPS) is 17.8. The van der Waals surface area contributed by atoms with Gasteiger partial charge in [-0.05, 0) is 36.8 Å². The number of benzene rings is 2. The van der Waals surface area contributed by atoms with Crippen LogP contribution < -0.4 is 0 Å². The van der Waals surface area contributed by atoms with Crippen LogP contribution >= 0.6 is 0 Å². The second-order valence-electron chi connectivity index (χ2n) is 6.45. The van der Waals surface area contributed by atoms with Gasteiger partial charge in [0.1, 0.15) is 5.82 Å². The molecule has 1 aliphatic rings. The lowest BCUT2D eigenvalue weighted by atomic mass is 10.1. The quantitative estimate of drug-likeness (QED) is 0.745. The van der Waals surface area contributed by atoms with Crippen molar-refractivity contribution in [2.24, 2.45) is 0 Å². The molecule has 134 valence electrons. The van der Waals surface area contributed by atoms with Crippen molar-refractivity contribution in [2.45, 2.75) is 18.5 Å². The maximum Gasteiger partial charge on any atom is 0.416 e. The van der Waals surface area contributed by atoms with Gasteiger partial charge in [0.15, 0.2) is 0 Å². The van der Waals surface area contributed by atoms with Crippen LogP contribution in [-0.4, -0.2) is 33.9 Å². The number of fused-ring (bicyclic) bond motifs is 1. The number of alkyl halides is 3. The molecule has 26 heavy (non-hydrogen) atoms. The summed E-state index contributed by atoms with van der Waals surface area (Å²) in [5.41, 5.74) is 0.795. The topological polar surface area (TPSA) is 49.0 Å². The Balaban J connectivity index is 1.54. The van der Waals surface area contributed by atoms with Crippen LogP contribution in [0, 0.1) is 0 Å². The molecule has 1 aliphatic heterocycles. The lowest BCUT2D eigenvalue weighted by molar-refractivity contribution is -0.137. The molecule has 0 bridgehead atoms. The molecule has 1 atom stereocenters. The van der Waals surface area contributed by atoms with Crippen LogP contribution in [0.25, 0.3) is 11.0 Å². The summed E-state index contributed by atoms with van der Waals surface area (Å²) in [7, 11) is 0. The number of amides is 1. The first-order valence-corrected chi connectivity index (χ1v) is 8.33. The molecule has 1 amide bonds. The van der Waals surface area contributed by atoms with Crippen LogP contribution in [0.15, 0.2) is 48.5 Å². The van der Waals surface area contributed by atoms with Gasteiger partial charge in [0, 0.05) is 24.6 Å². The van der Waals surface area contributed by atoms with Crippen molar-refractivity contribution >= 4 is 16.9 Å². The number of rotatable bonds is 2. The Hall–Kier alpha value is -2.83. The van der Waals surface area contributed by atoms with E-state index in [0.717, 1.165) is 18.6 Å². The molecule has 3 aromatic rings. The molecule has 0 spiro atoms. The molecular formula is C19H16F3N3O. The average Bonchev–Trinajstić information content (AvgIpc) is 3.27. The Morgan fingerprint density at radius 1 is 1.15 bits per heavy atom. The zero-order valence-electron chi connectivity index (χ0n) is 13.8. The number of H-pyrrole nitrogens is 1. The number of halogens is 3. The number of aromatic amines is 1. The Kier molecular flexibility index (Phi) is 3.94. The van der Waals surface area contributed by atoms with Crippen LogP contribution in [0.5, 0.6) is 0 Å². The summed E-state index contributed by atoms with van der Waals surface area (Å²) in [5, 5.41) is 0. The summed E-state index contributed by atoms with van der Waals surface area (Å²) in [6.07, 6.45) is -3.66. The summed E-state index contributed by atoms with van der Waals surface area (Å²) in [6.45, 7) is 1.10. The number of nitrogens with one attached hydrogen (secondary N) is 1. The van der Waals surface area contributed by atoms with E-state index in [4.69, 9.17) is 0 Å². The molecule has 1 unspecified atom stereocenters. The Labute approximate surface area is 147 Å². The third-order valence-corrected chi connectivity index (χ3v) is 4.71. The average molecular weight is 359 g/mol. The number of carbonyl (C=O) groups excluding carboxylic acids is 1. The Morgan fingerprint density at radius 2 is 1.92 bits per heavy atom. The van der Waals surface area contributed by atoms with E-state index in [9.17, 15) is 18.0 Å². The number of imidazole rings is 1. The van der Waals surface area contributed by atoms with Crippen LogP contribution in [0.2, 0.25) is 0 Å². The molecule has 0 radical (unpaired) electrons. The third kappa shape index (κ3) is 3.05. The molecule has 0 saturated carbocycles. The lowest BCUT2D eigenvalue weighted by Gasteiger charge is -2.16. The van der Waals surface area contributed by atoms with Crippen molar-refractivity contribution in [3.8, 4) is 0 Å². The smallest absolute Gasteiger partial charge is 0.342 e. The van der Waals surface area contributed by atoms with Gasteiger partial charge >= 0.3 is 6.18 Å². The summed E-state index contributed by atoms with van der Waals surface area (Å²) in [6, 6.07) is 12.5. The minimum Gasteiger partial charge on any atom is -0.342 e. The van der Waals surface area contributed by atoms with Crippen molar-refractivity contribution in [3.05, 3.63) is 65.5 Å². The van der Waals surface area contributed by atoms with Gasteiger partial charge in [-0.25, -0.2) is 4.98 Å². The molecule has 2 aromatic carbocycles. The van der Waals surface area contributed by atoms with Gasteiger partial charge in [-0.2, -0.15) is 13.2 Å². The maximum absolute atomic E-state index is 12.8. The molecule has 1 N–H and O–H groups in total. The van der Waals surface area contributed by atoms with E-state index in [1.165, 1.54) is 6.07 Å². The van der Waals surface area contributed by atoms with E-state index in [-0.39, 0.29) is 11.8 Å². The molecule has 4 rings (SSSR count). The Bertz CT molecular complexity index is 950. The van der Waals surface area contributed by atoms with Crippen LogP contribution in [-0.2, 0) is 6.18 Å². The van der Waals surface area contributed by atoms with Gasteiger partial charge in [-0.1, -0.05) is 18.2 Å². The number of hydrogen-bond acceptors (Lipinski definition) is 2. The monoisotopic (exact) mass is 359 g/mol. The van der Waals surface area contributed by atoms with Crippen molar-refractivity contribution in [3.63, 3.8) is 0 Å². The zero-order valence-corrected chi connectivity index (χ0v) is 13.8. The largest absolute Gasteiger partial charge is 0.416 e. The molecule has 0 aliphatic carbocycles. The first-order valence-electron chi connectivity index (χ1n) is 8.33. The van der Waals surface area contributed by atoms with E-state index in [2.05, 4.69) is 9.97 Å². The number of likely N-dealkylation sites (tertiary alicyclic amines) is 1. The lowest BCUT2D eigenvalue weighted by Crippen LogP contribution is -2.28. The van der Waals surface area contributed by atoms with Crippen molar-refractivity contribution in [1.82, 2.24) is 14.9 Å². The summed E-state index contributed by atoms with van der Waals surface area (Å²) in [5.74, 6) is 0.579. The first-order chi connectivity index (χ1) is 12.4. The fourth-order valence-electron chi connectivity index (χ4n) is 3.33. The van der Waals surface area contributed by atoms with Crippen molar-refractivity contribution in [2.75, 3.05) is 13.1 Å². The standard InChI is InChI=1S/C19H16F3N3O/c20-19(21,22)14-6-7-15-16(10-14)24-17(23-15)13-8-9-25(11-13)18(26)12-4-2-1-3-5-12/h1-7,10,13H,8-9,11H2,(H,23,24). The van der Waals surface area contributed by atoms with E-state index in [1.807, 2.05) is 18.2 Å². The molecule has 2 heterocycles. The summed E-state index contributed by atoms with van der Waals surface area (Å²) < 4.78 is 38.5. The highest BCUT2D eigenvalue weighted by Crippen LogP contribution is 2.32. The van der Waals surface area contributed by atoms with Gasteiger partial charge in [-0.3, -0.25) is 4.79 Å². The minimum atomic E-state index is -4.38. The number of nitrogens with zero attached hydrogens (tertiary/aromatic N) is 2. The predicted octanol–water partition coefficient (Wildman–Crippen LogP) is 4.21. The van der Waals surface area contributed by atoms with Gasteiger partial charge in [0.2, 0.25) is 0 Å². The maximum atomic E-state index is 12.8. The number of carbonyl (C=O) groups is 1. The molecule has 1 fully saturated rings. The van der Waals surface area contributed by atoms with Crippen LogP contribution in [0.1, 0.15) is 34.1 Å². The fraction of sp³-hybridized carbons (Fsp3) is 0.263. The fourth-order valence-corrected chi connectivity index (χ4v) is 3.33. The van der Waals surface area contributed by atoms with E-state index in [1.54, 1.807) is 17.0 Å². The van der Waals surface area contributed by atoms with Gasteiger partial charge in [0.25, 0.3) is 5.91 Å². The predicted molar refractivity (Wildman–Crippen MR) is 90.8 cm³/mol. The third-order valence-electron chi connectivity index (χ3n) is 4.71. The van der Waals surface area contributed by atoms with Crippen molar-refractivity contribution < 1.29 is 18.0 Å². The van der Waals surface area contributed by atoms with Gasteiger partial charge in [0.05, 0.1) is 16.6 Å².